The van der Waals surface area contributed by atoms with Gasteiger partial charge in [-0.15, -0.1) is 11.3 Å². The van der Waals surface area contributed by atoms with Gasteiger partial charge in [-0.1, -0.05) is 30.3 Å². The minimum Gasteiger partial charge on any atom is -0.298 e. The second kappa shape index (κ2) is 8.83. The molecule has 4 rings (SSSR count). The number of hydrazine groups is 1. The van der Waals surface area contributed by atoms with Crippen molar-refractivity contribution in [3.63, 3.8) is 0 Å². The molecule has 0 spiro atoms. The maximum Gasteiger partial charge on any atom is 0.262 e. The number of carbonyl (C=O) groups excluding carboxylic acids is 1. The predicted octanol–water partition coefficient (Wildman–Crippen LogP) is 4.01. The molecule has 0 unspecified atom stereocenters. The van der Waals surface area contributed by atoms with Gasteiger partial charge in [0.2, 0.25) is 10.0 Å². The third-order valence-electron chi connectivity index (χ3n) is 4.48. The first kappa shape index (κ1) is 20.3. The van der Waals surface area contributed by atoms with Crippen molar-refractivity contribution in [2.45, 2.75) is 23.8 Å². The lowest BCUT2D eigenvalue weighted by Crippen LogP contribution is -2.28. The molecule has 1 fully saturated rings. The van der Waals surface area contributed by atoms with Crippen LogP contribution in [0.1, 0.15) is 17.7 Å². The van der Waals surface area contributed by atoms with Crippen LogP contribution in [-0.2, 0) is 14.8 Å². The van der Waals surface area contributed by atoms with Gasteiger partial charge in [0.05, 0.1) is 10.6 Å². The molecule has 1 saturated carbocycles. The number of sulfonamides is 1. The first-order valence-electron chi connectivity index (χ1n) is 9.51. The van der Waals surface area contributed by atoms with E-state index in [1.165, 1.54) is 18.2 Å². The molecule has 6 nitrogen and oxygen atoms in total. The highest BCUT2D eigenvalue weighted by molar-refractivity contribution is 7.89. The van der Waals surface area contributed by atoms with Crippen LogP contribution in [0.15, 0.2) is 77.7 Å². The van der Waals surface area contributed by atoms with Gasteiger partial charge in [0.1, 0.15) is 0 Å². The van der Waals surface area contributed by atoms with Crippen LogP contribution in [0.25, 0.3) is 16.5 Å². The Bertz CT molecular complexity index is 1150. The fraction of sp³-hybridized carbons (Fsp3) is 0.136. The molecule has 0 aliphatic heterocycles. The molecule has 1 aliphatic rings. The zero-order valence-electron chi connectivity index (χ0n) is 16.0. The van der Waals surface area contributed by atoms with E-state index in [0.717, 1.165) is 28.2 Å². The molecular weight excluding hydrogens is 418 g/mol. The highest BCUT2D eigenvalue weighted by atomic mass is 32.2. The van der Waals surface area contributed by atoms with Gasteiger partial charge < -0.3 is 0 Å². The van der Waals surface area contributed by atoms with Gasteiger partial charge in [0.25, 0.3) is 5.91 Å². The standard InChI is InChI=1S/C22H21N3O3S2/c26-22(15-11-19-10-14-21(29-19)16-4-2-1-3-5-16)24-23-17-8-12-20(13-9-17)30(27,28)25-18-6-7-18/h1-5,8-15,18,23,25H,6-7H2,(H,24,26). The van der Waals surface area contributed by atoms with Crippen LogP contribution in [0.2, 0.25) is 0 Å². The van der Waals surface area contributed by atoms with E-state index in [1.54, 1.807) is 29.5 Å². The second-order valence-corrected chi connectivity index (χ2v) is 9.76. The number of hydrogen-bond acceptors (Lipinski definition) is 5. The summed E-state index contributed by atoms with van der Waals surface area (Å²) in [5.74, 6) is -0.309. The molecular formula is C22H21N3O3S2. The number of rotatable bonds is 8. The molecule has 8 heteroatoms. The minimum atomic E-state index is -3.48. The Balaban J connectivity index is 1.30. The van der Waals surface area contributed by atoms with Gasteiger partial charge >= 0.3 is 0 Å². The number of anilines is 1. The summed E-state index contributed by atoms with van der Waals surface area (Å²) in [5, 5.41) is 0. The van der Waals surface area contributed by atoms with E-state index < -0.39 is 10.0 Å². The summed E-state index contributed by atoms with van der Waals surface area (Å²) in [6.45, 7) is 0. The van der Waals surface area contributed by atoms with Crippen molar-refractivity contribution in [2.75, 3.05) is 5.43 Å². The van der Waals surface area contributed by atoms with E-state index in [-0.39, 0.29) is 16.8 Å². The molecule has 1 heterocycles. The number of amides is 1. The second-order valence-electron chi connectivity index (χ2n) is 6.94. The molecule has 1 amide bonds. The van der Waals surface area contributed by atoms with Crippen LogP contribution < -0.4 is 15.6 Å². The van der Waals surface area contributed by atoms with Crippen LogP contribution in [0, 0.1) is 0 Å². The summed E-state index contributed by atoms with van der Waals surface area (Å²) in [4.78, 5) is 14.4. The fourth-order valence-electron chi connectivity index (χ4n) is 2.74. The first-order valence-corrected chi connectivity index (χ1v) is 11.8. The Labute approximate surface area is 179 Å². The fourth-order valence-corrected chi connectivity index (χ4v) is 4.96. The van der Waals surface area contributed by atoms with Crippen molar-refractivity contribution in [2.24, 2.45) is 0 Å². The summed E-state index contributed by atoms with van der Waals surface area (Å²) in [6.07, 6.45) is 4.98. The summed E-state index contributed by atoms with van der Waals surface area (Å²) in [7, 11) is -3.48. The summed E-state index contributed by atoms with van der Waals surface area (Å²) in [6, 6.07) is 20.4. The number of nitrogens with one attached hydrogen (secondary N) is 3. The lowest BCUT2D eigenvalue weighted by atomic mass is 10.2. The predicted molar refractivity (Wildman–Crippen MR) is 120 cm³/mol. The molecule has 0 radical (unpaired) electrons. The maximum atomic E-state index is 12.2. The Morgan fingerprint density at radius 1 is 0.967 bits per heavy atom. The smallest absolute Gasteiger partial charge is 0.262 e. The lowest BCUT2D eigenvalue weighted by Gasteiger charge is -2.08. The van der Waals surface area contributed by atoms with Crippen molar-refractivity contribution >= 4 is 39.0 Å². The van der Waals surface area contributed by atoms with Gasteiger partial charge in [-0.05, 0) is 60.9 Å². The van der Waals surface area contributed by atoms with Crippen molar-refractivity contribution in [3.05, 3.63) is 77.7 Å². The number of carbonyl (C=O) groups is 1. The first-order chi connectivity index (χ1) is 14.5. The van der Waals surface area contributed by atoms with E-state index >= 15 is 0 Å². The van der Waals surface area contributed by atoms with Gasteiger partial charge in [-0.3, -0.25) is 15.6 Å². The molecule has 1 aliphatic carbocycles. The quantitative estimate of drug-likeness (QED) is 0.366. The average molecular weight is 440 g/mol. The van der Waals surface area contributed by atoms with Crippen molar-refractivity contribution in [3.8, 4) is 10.4 Å². The third kappa shape index (κ3) is 5.35. The monoisotopic (exact) mass is 439 g/mol. The molecule has 0 saturated heterocycles. The van der Waals surface area contributed by atoms with Gasteiger partial charge in [-0.25, -0.2) is 13.1 Å². The van der Waals surface area contributed by atoms with Crippen molar-refractivity contribution < 1.29 is 13.2 Å². The molecule has 1 aromatic heterocycles. The average Bonchev–Trinajstić information content (AvgIpc) is 3.43. The molecule has 3 N–H and O–H groups in total. The molecule has 2 aromatic carbocycles. The molecule has 0 atom stereocenters. The molecule has 3 aromatic rings. The van der Waals surface area contributed by atoms with E-state index in [2.05, 4.69) is 27.7 Å². The van der Waals surface area contributed by atoms with Crippen molar-refractivity contribution in [1.29, 1.82) is 0 Å². The summed E-state index contributed by atoms with van der Waals surface area (Å²) in [5.41, 5.74) is 7.08. The normalized spacial score (nSPS) is 14.0. The molecule has 154 valence electrons. The van der Waals surface area contributed by atoms with Crippen LogP contribution in [0.5, 0.6) is 0 Å². The van der Waals surface area contributed by atoms with E-state index in [9.17, 15) is 13.2 Å². The third-order valence-corrected chi connectivity index (χ3v) is 7.11. The zero-order valence-corrected chi connectivity index (χ0v) is 17.7. The zero-order chi connectivity index (χ0) is 21.0. The number of hydrogen-bond donors (Lipinski definition) is 3. The number of thiophene rings is 1. The van der Waals surface area contributed by atoms with Gasteiger partial charge in [0.15, 0.2) is 0 Å². The lowest BCUT2D eigenvalue weighted by molar-refractivity contribution is -0.115. The van der Waals surface area contributed by atoms with E-state index in [4.69, 9.17) is 0 Å². The SMILES string of the molecule is O=C(C=Cc1ccc(-c2ccccc2)s1)NNc1ccc(S(=O)(=O)NC2CC2)cc1. The minimum absolute atomic E-state index is 0.0611. The summed E-state index contributed by atoms with van der Waals surface area (Å²) < 4.78 is 27.0. The van der Waals surface area contributed by atoms with Crippen LogP contribution in [-0.4, -0.2) is 20.4 Å². The van der Waals surface area contributed by atoms with Crippen LogP contribution >= 0.6 is 11.3 Å². The van der Waals surface area contributed by atoms with Gasteiger partial charge in [0, 0.05) is 21.9 Å². The molecule has 30 heavy (non-hydrogen) atoms. The maximum absolute atomic E-state index is 12.2. The Hall–Kier alpha value is -2.94. The highest BCUT2D eigenvalue weighted by Crippen LogP contribution is 2.28. The summed E-state index contributed by atoms with van der Waals surface area (Å²) >= 11 is 1.60. The Morgan fingerprint density at radius 2 is 1.70 bits per heavy atom. The van der Waals surface area contributed by atoms with Crippen LogP contribution in [0.3, 0.4) is 0 Å². The van der Waals surface area contributed by atoms with E-state index in [1.807, 2.05) is 30.3 Å². The topological polar surface area (TPSA) is 87.3 Å². The Morgan fingerprint density at radius 3 is 2.40 bits per heavy atom. The van der Waals surface area contributed by atoms with Crippen molar-refractivity contribution in [1.82, 2.24) is 10.1 Å². The van der Waals surface area contributed by atoms with Crippen LogP contribution in [0.4, 0.5) is 5.69 Å². The van der Waals surface area contributed by atoms with Gasteiger partial charge in [-0.2, -0.15) is 0 Å². The largest absolute Gasteiger partial charge is 0.298 e. The highest BCUT2D eigenvalue weighted by Gasteiger charge is 2.27. The Kier molecular flexibility index (Phi) is 5.98. The van der Waals surface area contributed by atoms with E-state index in [0.29, 0.717) is 5.69 Å². The molecule has 0 bridgehead atoms. The number of benzene rings is 2.